The third kappa shape index (κ3) is 5.25. The molecule has 1 atom stereocenters. The van der Waals surface area contributed by atoms with E-state index in [4.69, 9.17) is 9.47 Å². The molecule has 1 aromatic carbocycles. The van der Waals surface area contributed by atoms with E-state index < -0.39 is 12.0 Å². The number of allylic oxidation sites excluding steroid dienone is 1. The Morgan fingerprint density at radius 2 is 1.88 bits per heavy atom. The Morgan fingerprint density at radius 1 is 1.19 bits per heavy atom. The first kappa shape index (κ1) is 19.8. The lowest BCUT2D eigenvalue weighted by molar-refractivity contribution is -0.143. The first-order chi connectivity index (χ1) is 12.4. The fourth-order valence-electron chi connectivity index (χ4n) is 2.79. The molecule has 0 fully saturated rings. The molecule has 1 unspecified atom stereocenters. The lowest BCUT2D eigenvalue weighted by Crippen LogP contribution is -2.45. The van der Waals surface area contributed by atoms with Crippen molar-refractivity contribution in [3.05, 3.63) is 41.1 Å². The van der Waals surface area contributed by atoms with Gasteiger partial charge in [-0.05, 0) is 44.9 Å². The summed E-state index contributed by atoms with van der Waals surface area (Å²) in [6.07, 6.45) is 3.08. The second-order valence-electron chi connectivity index (χ2n) is 6.65. The average Bonchev–Trinajstić information content (AvgIpc) is 2.58. The molecule has 0 aliphatic carbocycles. The van der Waals surface area contributed by atoms with Crippen molar-refractivity contribution in [1.29, 1.82) is 0 Å². The summed E-state index contributed by atoms with van der Waals surface area (Å²) in [5, 5.41) is 5.44. The molecule has 0 saturated carbocycles. The molecule has 6 nitrogen and oxygen atoms in total. The van der Waals surface area contributed by atoms with Gasteiger partial charge in [0.25, 0.3) is 0 Å². The number of ether oxygens (including phenoxy) is 2. The lowest BCUT2D eigenvalue weighted by Gasteiger charge is -2.28. The molecule has 2 amide bonds. The quantitative estimate of drug-likeness (QED) is 0.545. The molecular weight excluding hydrogens is 332 g/mol. The molecule has 0 saturated heterocycles. The van der Waals surface area contributed by atoms with Crippen LogP contribution in [-0.2, 0) is 9.53 Å². The Morgan fingerprint density at radius 3 is 2.50 bits per heavy atom. The summed E-state index contributed by atoms with van der Waals surface area (Å²) < 4.78 is 11.1. The Labute approximate surface area is 154 Å². The minimum Gasteiger partial charge on any atom is -0.494 e. The predicted octanol–water partition coefficient (Wildman–Crippen LogP) is 3.84. The SMILES string of the molecule is CCCCCOc1ccc(C2NC(=O)NC(C)=C2C(=O)OC(C)C)cc1. The van der Waals surface area contributed by atoms with Crippen molar-refractivity contribution in [3.8, 4) is 5.75 Å². The number of unbranched alkanes of at least 4 members (excludes halogenated alkanes) is 2. The molecule has 2 rings (SSSR count). The van der Waals surface area contributed by atoms with Crippen LogP contribution in [0.1, 0.15) is 58.6 Å². The van der Waals surface area contributed by atoms with E-state index in [1.165, 1.54) is 0 Å². The second kappa shape index (κ2) is 9.27. The zero-order valence-electron chi connectivity index (χ0n) is 15.9. The van der Waals surface area contributed by atoms with Crippen LogP contribution in [0.3, 0.4) is 0 Å². The van der Waals surface area contributed by atoms with Crippen LogP contribution in [-0.4, -0.2) is 24.7 Å². The molecule has 142 valence electrons. The molecule has 0 bridgehead atoms. The third-order valence-corrected chi connectivity index (χ3v) is 4.06. The van der Waals surface area contributed by atoms with Crippen LogP contribution in [0.5, 0.6) is 5.75 Å². The molecule has 2 N–H and O–H groups in total. The predicted molar refractivity (Wildman–Crippen MR) is 99.8 cm³/mol. The van der Waals surface area contributed by atoms with Gasteiger partial charge in [-0.15, -0.1) is 0 Å². The highest BCUT2D eigenvalue weighted by Gasteiger charge is 2.32. The summed E-state index contributed by atoms with van der Waals surface area (Å²) in [5.74, 6) is 0.340. The van der Waals surface area contributed by atoms with Crippen LogP contribution in [0.2, 0.25) is 0 Å². The largest absolute Gasteiger partial charge is 0.494 e. The van der Waals surface area contributed by atoms with E-state index in [9.17, 15) is 9.59 Å². The average molecular weight is 360 g/mol. The Kier molecular flexibility index (Phi) is 7.06. The van der Waals surface area contributed by atoms with Gasteiger partial charge in [0, 0.05) is 5.70 Å². The Balaban J connectivity index is 2.17. The van der Waals surface area contributed by atoms with Gasteiger partial charge in [-0.25, -0.2) is 9.59 Å². The maximum absolute atomic E-state index is 12.5. The number of carbonyl (C=O) groups excluding carboxylic acids is 2. The fourth-order valence-corrected chi connectivity index (χ4v) is 2.79. The molecular formula is C20H28N2O4. The lowest BCUT2D eigenvalue weighted by atomic mass is 9.95. The first-order valence-electron chi connectivity index (χ1n) is 9.14. The van der Waals surface area contributed by atoms with Crippen molar-refractivity contribution in [2.75, 3.05) is 6.61 Å². The molecule has 1 aliphatic heterocycles. The minimum absolute atomic E-state index is 0.236. The van der Waals surface area contributed by atoms with Crippen LogP contribution in [0.25, 0.3) is 0 Å². The van der Waals surface area contributed by atoms with E-state index in [1.807, 2.05) is 24.3 Å². The molecule has 26 heavy (non-hydrogen) atoms. The number of carbonyl (C=O) groups is 2. The highest BCUT2D eigenvalue weighted by Crippen LogP contribution is 2.29. The molecule has 1 heterocycles. The number of esters is 1. The number of nitrogens with one attached hydrogen (secondary N) is 2. The van der Waals surface area contributed by atoms with Crippen molar-refractivity contribution in [3.63, 3.8) is 0 Å². The Bertz CT molecular complexity index is 665. The number of hydrogen-bond acceptors (Lipinski definition) is 4. The minimum atomic E-state index is -0.552. The van der Waals surface area contributed by atoms with Crippen molar-refractivity contribution in [2.24, 2.45) is 0 Å². The van der Waals surface area contributed by atoms with E-state index in [0.29, 0.717) is 17.9 Å². The van der Waals surface area contributed by atoms with Crippen LogP contribution >= 0.6 is 0 Å². The molecule has 0 aromatic heterocycles. The van der Waals surface area contributed by atoms with Gasteiger partial charge in [0.05, 0.1) is 24.3 Å². The summed E-state index contributed by atoms with van der Waals surface area (Å²) in [4.78, 5) is 24.4. The molecule has 1 aliphatic rings. The Hall–Kier alpha value is -2.50. The van der Waals surface area contributed by atoms with E-state index in [-0.39, 0.29) is 12.1 Å². The van der Waals surface area contributed by atoms with E-state index in [1.54, 1.807) is 20.8 Å². The number of rotatable bonds is 8. The molecule has 6 heteroatoms. The van der Waals surface area contributed by atoms with Gasteiger partial charge in [-0.3, -0.25) is 0 Å². The van der Waals surface area contributed by atoms with Gasteiger partial charge < -0.3 is 20.1 Å². The van der Waals surface area contributed by atoms with Crippen LogP contribution in [0, 0.1) is 0 Å². The molecule has 1 aromatic rings. The smallest absolute Gasteiger partial charge is 0.338 e. The maximum Gasteiger partial charge on any atom is 0.338 e. The van der Waals surface area contributed by atoms with Crippen LogP contribution in [0.15, 0.2) is 35.5 Å². The highest BCUT2D eigenvalue weighted by molar-refractivity contribution is 5.95. The molecule has 0 radical (unpaired) electrons. The summed E-state index contributed by atoms with van der Waals surface area (Å²) in [7, 11) is 0. The number of benzene rings is 1. The fraction of sp³-hybridized carbons (Fsp3) is 0.500. The zero-order valence-corrected chi connectivity index (χ0v) is 15.9. The highest BCUT2D eigenvalue weighted by atomic mass is 16.5. The van der Waals surface area contributed by atoms with Gasteiger partial charge in [0.2, 0.25) is 0 Å². The van der Waals surface area contributed by atoms with Crippen molar-refractivity contribution in [1.82, 2.24) is 10.6 Å². The normalized spacial score (nSPS) is 17.0. The van der Waals surface area contributed by atoms with Gasteiger partial charge in [0.15, 0.2) is 0 Å². The second-order valence-corrected chi connectivity index (χ2v) is 6.65. The van der Waals surface area contributed by atoms with Crippen molar-refractivity contribution < 1.29 is 19.1 Å². The van der Waals surface area contributed by atoms with E-state index in [2.05, 4.69) is 17.6 Å². The first-order valence-corrected chi connectivity index (χ1v) is 9.14. The van der Waals surface area contributed by atoms with Crippen LogP contribution in [0.4, 0.5) is 4.79 Å². The van der Waals surface area contributed by atoms with Crippen LogP contribution < -0.4 is 15.4 Å². The summed E-state index contributed by atoms with van der Waals surface area (Å²) in [6.45, 7) is 8.13. The van der Waals surface area contributed by atoms with Crippen molar-refractivity contribution in [2.45, 2.75) is 59.1 Å². The number of hydrogen-bond donors (Lipinski definition) is 2. The van der Waals surface area contributed by atoms with Gasteiger partial charge in [0.1, 0.15) is 5.75 Å². The number of amides is 2. The summed E-state index contributed by atoms with van der Waals surface area (Å²) >= 11 is 0. The van der Waals surface area contributed by atoms with Gasteiger partial charge in [-0.1, -0.05) is 31.9 Å². The zero-order chi connectivity index (χ0) is 19.1. The maximum atomic E-state index is 12.5. The van der Waals surface area contributed by atoms with Crippen molar-refractivity contribution >= 4 is 12.0 Å². The molecule has 0 spiro atoms. The summed E-state index contributed by atoms with van der Waals surface area (Å²) in [6, 6.07) is 6.55. The van der Waals surface area contributed by atoms with E-state index >= 15 is 0 Å². The number of urea groups is 1. The summed E-state index contributed by atoms with van der Waals surface area (Å²) in [5.41, 5.74) is 1.72. The van der Waals surface area contributed by atoms with E-state index in [0.717, 1.165) is 30.6 Å². The van der Waals surface area contributed by atoms with Gasteiger partial charge >= 0.3 is 12.0 Å². The standard InChI is InChI=1S/C20H28N2O4/c1-5-6-7-12-25-16-10-8-15(9-11-16)18-17(19(23)26-13(2)3)14(4)21-20(24)22-18/h8-11,13,18H,5-7,12H2,1-4H3,(H2,21,22,24). The third-order valence-electron chi connectivity index (χ3n) is 4.06. The van der Waals surface area contributed by atoms with Gasteiger partial charge in [-0.2, -0.15) is 0 Å². The topological polar surface area (TPSA) is 76.7 Å². The monoisotopic (exact) mass is 360 g/mol.